The maximum absolute atomic E-state index is 12.7. The van der Waals surface area contributed by atoms with Crippen LogP contribution in [0.5, 0.6) is 0 Å². The van der Waals surface area contributed by atoms with Crippen LogP contribution in [0.3, 0.4) is 0 Å². The number of unbranched alkanes of at least 4 members (excludes halogenated alkanes) is 2. The molecule has 192 valence electrons. The number of piperazine rings is 1. The van der Waals surface area contributed by atoms with Crippen LogP contribution in [0.4, 0.5) is 17.1 Å². The van der Waals surface area contributed by atoms with Crippen LogP contribution in [-0.4, -0.2) is 54.5 Å². The van der Waals surface area contributed by atoms with Gasteiger partial charge in [0.2, 0.25) is 0 Å². The quantitative estimate of drug-likeness (QED) is 0.296. The molecule has 0 bridgehead atoms. The SMILES string of the molecule is C[N+]1(NC(=O)CCCCCc2ccccc2)CCN(C2=Nc3cc(Cl)ccc3Nc3ccccc32)CC1. The number of hydrogen-bond acceptors (Lipinski definition) is 4. The highest BCUT2D eigenvalue weighted by Gasteiger charge is 2.33. The molecule has 6 nitrogen and oxygen atoms in total. The van der Waals surface area contributed by atoms with Crippen LogP contribution in [0.15, 0.2) is 77.8 Å². The minimum Gasteiger partial charge on any atom is -0.353 e. The third-order valence-corrected chi connectivity index (χ3v) is 7.49. The second-order valence-corrected chi connectivity index (χ2v) is 10.6. The first kappa shape index (κ1) is 25.3. The Labute approximate surface area is 224 Å². The van der Waals surface area contributed by atoms with Crippen molar-refractivity contribution in [1.82, 2.24) is 10.3 Å². The maximum Gasteiger partial charge on any atom is 0.264 e. The molecule has 0 radical (unpaired) electrons. The number of amidine groups is 1. The number of carbonyl (C=O) groups excluding carboxylic acids is 1. The Kier molecular flexibility index (Phi) is 7.77. The van der Waals surface area contributed by atoms with Crippen molar-refractivity contribution < 1.29 is 9.39 Å². The Morgan fingerprint density at radius 2 is 1.73 bits per heavy atom. The molecule has 5 rings (SSSR count). The van der Waals surface area contributed by atoms with E-state index in [4.69, 9.17) is 16.6 Å². The molecule has 1 saturated heterocycles. The maximum atomic E-state index is 12.7. The second kappa shape index (κ2) is 11.4. The number of nitrogens with zero attached hydrogens (tertiary/aromatic N) is 3. The summed E-state index contributed by atoms with van der Waals surface area (Å²) in [4.78, 5) is 20.1. The Balaban J connectivity index is 1.17. The number of hydrogen-bond donors (Lipinski definition) is 2. The third kappa shape index (κ3) is 6.32. The summed E-state index contributed by atoms with van der Waals surface area (Å²) in [7, 11) is 2.12. The number of rotatable bonds is 7. The smallest absolute Gasteiger partial charge is 0.264 e. The highest BCUT2D eigenvalue weighted by molar-refractivity contribution is 6.31. The van der Waals surface area contributed by atoms with Gasteiger partial charge in [0.25, 0.3) is 5.91 Å². The van der Waals surface area contributed by atoms with Crippen LogP contribution in [0, 0.1) is 0 Å². The van der Waals surface area contributed by atoms with Gasteiger partial charge in [0, 0.05) is 22.7 Å². The van der Waals surface area contributed by atoms with E-state index in [1.165, 1.54) is 5.56 Å². The molecule has 3 aromatic carbocycles. The molecule has 2 N–H and O–H groups in total. The van der Waals surface area contributed by atoms with E-state index in [1.54, 1.807) is 0 Å². The van der Waals surface area contributed by atoms with Gasteiger partial charge >= 0.3 is 0 Å². The van der Waals surface area contributed by atoms with Gasteiger partial charge in [-0.15, -0.1) is 0 Å². The Bertz CT molecular complexity index is 1270. The van der Waals surface area contributed by atoms with Crippen molar-refractivity contribution in [2.24, 2.45) is 4.99 Å². The zero-order valence-electron chi connectivity index (χ0n) is 21.4. The predicted octanol–water partition coefficient (Wildman–Crippen LogP) is 6.07. The number of halogens is 1. The van der Waals surface area contributed by atoms with E-state index in [0.717, 1.165) is 80.3 Å². The zero-order chi connectivity index (χ0) is 25.7. The lowest BCUT2D eigenvalue weighted by Gasteiger charge is -2.42. The minimum absolute atomic E-state index is 0.139. The predicted molar refractivity (Wildman–Crippen MR) is 152 cm³/mol. The molecule has 0 saturated carbocycles. The highest BCUT2D eigenvalue weighted by Crippen LogP contribution is 2.36. The number of anilines is 2. The van der Waals surface area contributed by atoms with E-state index in [2.05, 4.69) is 59.1 Å². The molecule has 1 fully saturated rings. The van der Waals surface area contributed by atoms with E-state index in [-0.39, 0.29) is 5.91 Å². The summed E-state index contributed by atoms with van der Waals surface area (Å²) in [5, 5.41) is 4.19. The number of carbonyl (C=O) groups is 1. The average molecular weight is 517 g/mol. The van der Waals surface area contributed by atoms with Gasteiger partial charge in [-0.05, 0) is 55.2 Å². The molecule has 37 heavy (non-hydrogen) atoms. The molecule has 0 unspecified atom stereocenters. The number of nitrogens with one attached hydrogen (secondary N) is 2. The number of likely N-dealkylation sites (N-methyl/N-ethyl adjacent to an activating group) is 1. The summed E-state index contributed by atoms with van der Waals surface area (Å²) in [6.07, 6.45) is 4.76. The molecule has 2 heterocycles. The van der Waals surface area contributed by atoms with Crippen LogP contribution in [-0.2, 0) is 11.2 Å². The molecule has 1 amide bonds. The summed E-state index contributed by atoms with van der Waals surface area (Å²) in [6.45, 7) is 3.24. The lowest BCUT2D eigenvalue weighted by molar-refractivity contribution is -0.946. The summed E-state index contributed by atoms with van der Waals surface area (Å²) in [5.74, 6) is 1.08. The Hall–Kier alpha value is -3.35. The topological polar surface area (TPSA) is 56.7 Å². The van der Waals surface area contributed by atoms with Crippen molar-refractivity contribution >= 4 is 40.4 Å². The summed E-state index contributed by atoms with van der Waals surface area (Å²) < 4.78 is 0.551. The van der Waals surface area contributed by atoms with Gasteiger partial charge in [0.15, 0.2) is 0 Å². The first-order valence-electron chi connectivity index (χ1n) is 13.2. The van der Waals surface area contributed by atoms with Gasteiger partial charge in [0.1, 0.15) is 18.9 Å². The largest absolute Gasteiger partial charge is 0.353 e. The minimum atomic E-state index is 0.139. The molecular formula is C30H35ClN5O+. The van der Waals surface area contributed by atoms with Gasteiger partial charge in [0.05, 0.1) is 31.5 Å². The molecular weight excluding hydrogens is 482 g/mol. The van der Waals surface area contributed by atoms with E-state index in [0.29, 0.717) is 16.0 Å². The fourth-order valence-electron chi connectivity index (χ4n) is 5.07. The molecule has 2 aliphatic rings. The first-order valence-corrected chi connectivity index (χ1v) is 13.6. The van der Waals surface area contributed by atoms with Gasteiger partial charge in [-0.1, -0.05) is 60.5 Å². The number of amides is 1. The highest BCUT2D eigenvalue weighted by atomic mass is 35.5. The van der Waals surface area contributed by atoms with Crippen molar-refractivity contribution in [3.8, 4) is 0 Å². The molecule has 2 aliphatic heterocycles. The molecule has 0 aromatic heterocycles. The molecule has 0 spiro atoms. The number of benzene rings is 3. The van der Waals surface area contributed by atoms with Crippen LogP contribution in [0.1, 0.15) is 36.8 Å². The Morgan fingerprint density at radius 3 is 2.54 bits per heavy atom. The first-order chi connectivity index (χ1) is 18.0. The summed E-state index contributed by atoms with van der Waals surface area (Å²) in [5.41, 5.74) is 8.54. The lowest BCUT2D eigenvalue weighted by atomic mass is 10.1. The van der Waals surface area contributed by atoms with Gasteiger partial charge in [-0.25, -0.2) is 15.0 Å². The number of aliphatic imine (C=N–C) groups is 1. The van der Waals surface area contributed by atoms with Gasteiger partial charge in [-0.3, -0.25) is 4.79 Å². The van der Waals surface area contributed by atoms with Crippen LogP contribution >= 0.6 is 11.6 Å². The lowest BCUT2D eigenvalue weighted by Crippen LogP contribution is -2.65. The van der Waals surface area contributed by atoms with Crippen LogP contribution in [0.25, 0.3) is 0 Å². The van der Waals surface area contributed by atoms with Crippen molar-refractivity contribution in [3.05, 3.63) is 88.9 Å². The van der Waals surface area contributed by atoms with Crippen molar-refractivity contribution in [2.45, 2.75) is 32.1 Å². The van der Waals surface area contributed by atoms with Crippen molar-refractivity contribution in [3.63, 3.8) is 0 Å². The van der Waals surface area contributed by atoms with Crippen LogP contribution < -0.4 is 10.7 Å². The summed E-state index contributed by atoms with van der Waals surface area (Å²) >= 11 is 6.29. The van der Waals surface area contributed by atoms with E-state index >= 15 is 0 Å². The fraction of sp³-hybridized carbons (Fsp3) is 0.333. The monoisotopic (exact) mass is 516 g/mol. The normalized spacial score (nSPS) is 16.1. The number of quaternary nitrogens is 1. The number of aryl methyl sites for hydroxylation is 1. The van der Waals surface area contributed by atoms with E-state index in [9.17, 15) is 4.79 Å². The van der Waals surface area contributed by atoms with Crippen LogP contribution in [0.2, 0.25) is 5.02 Å². The number of para-hydroxylation sites is 1. The molecule has 7 heteroatoms. The van der Waals surface area contributed by atoms with E-state index < -0.39 is 0 Å². The fourth-order valence-corrected chi connectivity index (χ4v) is 5.24. The second-order valence-electron chi connectivity index (χ2n) is 10.2. The van der Waals surface area contributed by atoms with Crippen molar-refractivity contribution in [1.29, 1.82) is 0 Å². The van der Waals surface area contributed by atoms with Crippen molar-refractivity contribution in [2.75, 3.05) is 38.5 Å². The standard InChI is InChI=1S/C30H34ClN5O/c1-36(34-29(37)15-7-3-6-12-23-10-4-2-5-11-23)20-18-35(19-21-36)30-25-13-8-9-14-26(25)32-27-17-16-24(31)22-28(27)33-30/h2,4-5,8-11,13-14,16-17,22H,3,6-7,12,15,18-21H2,1H3,(H-,32,33,34,37)/p+1. The molecule has 0 atom stereocenters. The summed E-state index contributed by atoms with van der Waals surface area (Å²) in [6, 6.07) is 24.6. The Morgan fingerprint density at radius 1 is 0.973 bits per heavy atom. The zero-order valence-corrected chi connectivity index (χ0v) is 22.2. The van der Waals surface area contributed by atoms with Gasteiger partial charge < -0.3 is 10.2 Å². The van der Waals surface area contributed by atoms with E-state index in [1.807, 2.05) is 36.4 Å². The molecule has 0 aliphatic carbocycles. The van der Waals surface area contributed by atoms with Gasteiger partial charge in [-0.2, -0.15) is 0 Å². The average Bonchev–Trinajstić information content (AvgIpc) is 3.06. The third-order valence-electron chi connectivity index (χ3n) is 7.26. The number of fused-ring (bicyclic) bond motifs is 2. The molecule has 3 aromatic rings.